The summed E-state index contributed by atoms with van der Waals surface area (Å²) < 4.78 is 68.8. The number of phosphoric acid groups is 2. The van der Waals surface area contributed by atoms with Crippen LogP contribution in [0, 0.1) is 5.92 Å². The van der Waals surface area contributed by atoms with Crippen molar-refractivity contribution in [2.75, 3.05) is 39.6 Å². The average Bonchev–Trinajstić information content (AvgIpc) is 0.903. The molecule has 3 N–H and O–H groups in total. The largest absolute Gasteiger partial charge is 0.472 e. The normalized spacial score (nSPS) is 13.9. The predicted octanol–water partition coefficient (Wildman–Crippen LogP) is 25.5. The maximum atomic E-state index is 13.1. The standard InChI is InChI=1S/C85H162O17P2/c1-6-9-12-15-18-21-24-27-29-30-31-36-39-44-49-54-59-64-69-83(88)96-75-81(102-85(90)71-66-61-56-51-46-41-37-33-32-35-38-42-47-52-57-62-67-78(4)5)77-100-104(93,94)98-73-79(86)72-97-103(91,92)99-76-80(74-95-82(87)68-63-58-53-48-43-26-23-20-17-14-11-8-3)101-84(89)70-65-60-55-50-45-40-34-28-25-22-19-16-13-10-7-2/h22,25,28,34,78-81,86H,6-21,23-24,26-27,29-33,35-77H2,1-5H3,(H,91,92)(H,93,94)/b25-22-,34-28-/t79-,80+,81+/m0/s1. The SMILES string of the molecule is CCCCCC/C=C\C=C/CCCCCCCC(=O)O[C@H](COC(=O)CCCCCCCCCCCCCC)COP(=O)(O)OC[C@H](O)COP(=O)(O)OC[C@@H](COC(=O)CCCCCCCCCCCCCCCCCCCC)OC(=O)CCCCCCCCCCCCCCCCCCC(C)C. The van der Waals surface area contributed by atoms with Gasteiger partial charge in [-0.1, -0.05) is 380 Å². The summed E-state index contributed by atoms with van der Waals surface area (Å²) in [4.78, 5) is 73.2. The van der Waals surface area contributed by atoms with Gasteiger partial charge in [0, 0.05) is 25.7 Å². The Morgan fingerprint density at radius 3 is 0.788 bits per heavy atom. The van der Waals surface area contributed by atoms with Gasteiger partial charge in [0.1, 0.15) is 19.3 Å². The molecule has 0 spiro atoms. The lowest BCUT2D eigenvalue weighted by Gasteiger charge is -2.21. The van der Waals surface area contributed by atoms with Crippen molar-refractivity contribution in [3.8, 4) is 0 Å². The number of aliphatic hydroxyl groups excluding tert-OH is 1. The van der Waals surface area contributed by atoms with Crippen LogP contribution in [-0.4, -0.2) is 96.7 Å². The third-order valence-electron chi connectivity index (χ3n) is 19.4. The Labute approximate surface area is 637 Å². The van der Waals surface area contributed by atoms with Crippen molar-refractivity contribution >= 4 is 39.5 Å². The lowest BCUT2D eigenvalue weighted by molar-refractivity contribution is -0.161. The molecule has 0 rings (SSSR count). The third-order valence-corrected chi connectivity index (χ3v) is 21.3. The summed E-state index contributed by atoms with van der Waals surface area (Å²) in [7, 11) is -9.94. The Bertz CT molecular complexity index is 2070. The quantitative estimate of drug-likeness (QED) is 0.0169. The first kappa shape index (κ1) is 102. The number of esters is 4. The number of phosphoric ester groups is 2. The van der Waals surface area contributed by atoms with Crippen molar-refractivity contribution in [3.63, 3.8) is 0 Å². The molecule has 0 heterocycles. The van der Waals surface area contributed by atoms with E-state index in [1.54, 1.807) is 0 Å². The molecule has 0 aromatic heterocycles. The predicted molar refractivity (Wildman–Crippen MR) is 428 cm³/mol. The number of rotatable bonds is 83. The van der Waals surface area contributed by atoms with Crippen LogP contribution in [0.1, 0.15) is 433 Å². The number of hydrogen-bond donors (Lipinski definition) is 3. The highest BCUT2D eigenvalue weighted by atomic mass is 31.2. The number of allylic oxidation sites excluding steroid dienone is 4. The van der Waals surface area contributed by atoms with E-state index in [9.17, 15) is 43.2 Å². The molecule has 0 aromatic rings. The fraction of sp³-hybridized carbons (Fsp3) is 0.906. The Morgan fingerprint density at radius 1 is 0.298 bits per heavy atom. The van der Waals surface area contributed by atoms with Gasteiger partial charge < -0.3 is 33.8 Å². The van der Waals surface area contributed by atoms with E-state index < -0.39 is 97.5 Å². The van der Waals surface area contributed by atoms with Crippen LogP contribution in [0.5, 0.6) is 0 Å². The molecule has 0 aromatic carbocycles. The number of hydrogen-bond acceptors (Lipinski definition) is 15. The number of carbonyl (C=O) groups is 4. The molecule has 17 nitrogen and oxygen atoms in total. The summed E-state index contributed by atoms with van der Waals surface area (Å²) in [5.74, 6) is -1.32. The summed E-state index contributed by atoms with van der Waals surface area (Å²) in [6, 6.07) is 0. The molecule has 0 saturated carbocycles. The molecule has 0 fully saturated rings. The second kappa shape index (κ2) is 77.3. The zero-order valence-electron chi connectivity index (χ0n) is 67.7. The summed E-state index contributed by atoms with van der Waals surface area (Å²) in [6.45, 7) is 7.32. The van der Waals surface area contributed by atoms with Crippen LogP contribution < -0.4 is 0 Å². The Morgan fingerprint density at radius 2 is 0.519 bits per heavy atom. The molecule has 19 heteroatoms. The van der Waals surface area contributed by atoms with E-state index in [2.05, 4.69) is 58.9 Å². The first-order valence-corrected chi connectivity index (χ1v) is 46.4. The van der Waals surface area contributed by atoms with E-state index >= 15 is 0 Å². The lowest BCUT2D eigenvalue weighted by atomic mass is 10.0. The monoisotopic (exact) mass is 1520 g/mol. The van der Waals surface area contributed by atoms with Gasteiger partial charge in [-0.3, -0.25) is 37.3 Å². The second-order valence-electron chi connectivity index (χ2n) is 30.4. The van der Waals surface area contributed by atoms with Crippen LogP contribution in [0.4, 0.5) is 0 Å². The van der Waals surface area contributed by atoms with E-state index in [0.717, 1.165) is 109 Å². The zero-order chi connectivity index (χ0) is 76.2. The first-order chi connectivity index (χ1) is 50.5. The minimum absolute atomic E-state index is 0.0858. The van der Waals surface area contributed by atoms with Gasteiger partial charge in [0.25, 0.3) is 0 Å². The first-order valence-electron chi connectivity index (χ1n) is 43.5. The molecule has 104 heavy (non-hydrogen) atoms. The number of aliphatic hydroxyl groups is 1. The van der Waals surface area contributed by atoms with E-state index in [0.29, 0.717) is 25.7 Å². The van der Waals surface area contributed by atoms with Gasteiger partial charge in [-0.2, -0.15) is 0 Å². The highest BCUT2D eigenvalue weighted by molar-refractivity contribution is 7.47. The molecule has 0 bridgehead atoms. The summed E-state index contributed by atoms with van der Waals surface area (Å²) in [6.07, 6.45) is 72.9. The maximum Gasteiger partial charge on any atom is 0.472 e. The summed E-state index contributed by atoms with van der Waals surface area (Å²) in [5.41, 5.74) is 0. The number of carbonyl (C=O) groups excluding carboxylic acids is 4. The molecular formula is C85H162O17P2. The smallest absolute Gasteiger partial charge is 0.462 e. The second-order valence-corrected chi connectivity index (χ2v) is 33.3. The molecule has 0 aliphatic carbocycles. The lowest BCUT2D eigenvalue weighted by Crippen LogP contribution is -2.30. The molecule has 0 saturated heterocycles. The van der Waals surface area contributed by atoms with Crippen LogP contribution >= 0.6 is 15.6 Å². The van der Waals surface area contributed by atoms with E-state index in [4.69, 9.17) is 37.0 Å². The minimum atomic E-state index is -4.97. The summed E-state index contributed by atoms with van der Waals surface area (Å²) >= 11 is 0. The van der Waals surface area contributed by atoms with E-state index in [1.165, 1.54) is 244 Å². The molecule has 2 unspecified atom stereocenters. The molecule has 614 valence electrons. The topological polar surface area (TPSA) is 237 Å². The van der Waals surface area contributed by atoms with Gasteiger partial charge in [-0.25, -0.2) is 9.13 Å². The van der Waals surface area contributed by atoms with E-state index in [1.807, 2.05) is 0 Å². The summed E-state index contributed by atoms with van der Waals surface area (Å²) in [5, 5.41) is 10.7. The minimum Gasteiger partial charge on any atom is -0.462 e. The third kappa shape index (κ3) is 77.7. The van der Waals surface area contributed by atoms with E-state index in [-0.39, 0.29) is 25.7 Å². The Hall–Kier alpha value is -2.46. The van der Waals surface area contributed by atoms with Crippen molar-refractivity contribution in [2.24, 2.45) is 5.92 Å². The molecule has 0 aliphatic rings. The average molecular weight is 1520 g/mol. The van der Waals surface area contributed by atoms with Crippen LogP contribution in [-0.2, 0) is 65.4 Å². The van der Waals surface area contributed by atoms with Gasteiger partial charge in [-0.15, -0.1) is 0 Å². The number of ether oxygens (including phenoxy) is 4. The van der Waals surface area contributed by atoms with Gasteiger partial charge in [-0.05, 0) is 57.3 Å². The number of unbranched alkanes of at least 4 members (excludes halogenated alkanes) is 52. The molecule has 5 atom stereocenters. The van der Waals surface area contributed by atoms with Crippen molar-refractivity contribution in [3.05, 3.63) is 24.3 Å². The van der Waals surface area contributed by atoms with Crippen LogP contribution in [0.2, 0.25) is 0 Å². The van der Waals surface area contributed by atoms with Gasteiger partial charge in [0.05, 0.1) is 26.4 Å². The van der Waals surface area contributed by atoms with Gasteiger partial charge in [0.15, 0.2) is 12.2 Å². The molecule has 0 radical (unpaired) electrons. The molecule has 0 amide bonds. The van der Waals surface area contributed by atoms with Crippen LogP contribution in [0.3, 0.4) is 0 Å². The van der Waals surface area contributed by atoms with Crippen molar-refractivity contribution < 1.29 is 80.2 Å². The zero-order valence-corrected chi connectivity index (χ0v) is 69.4. The highest BCUT2D eigenvalue weighted by Gasteiger charge is 2.30. The van der Waals surface area contributed by atoms with Crippen molar-refractivity contribution in [1.29, 1.82) is 0 Å². The Balaban J connectivity index is 5.28. The molecule has 0 aliphatic heterocycles. The van der Waals surface area contributed by atoms with Crippen LogP contribution in [0.15, 0.2) is 24.3 Å². The van der Waals surface area contributed by atoms with Crippen LogP contribution in [0.25, 0.3) is 0 Å². The van der Waals surface area contributed by atoms with Gasteiger partial charge >= 0.3 is 39.5 Å². The fourth-order valence-corrected chi connectivity index (χ4v) is 14.3. The highest BCUT2D eigenvalue weighted by Crippen LogP contribution is 2.45. The van der Waals surface area contributed by atoms with Crippen molar-refractivity contribution in [1.82, 2.24) is 0 Å². The Kier molecular flexibility index (Phi) is 75.4. The fourth-order valence-electron chi connectivity index (χ4n) is 12.8. The molecular weight excluding hydrogens is 1350 g/mol. The maximum absolute atomic E-state index is 13.1. The van der Waals surface area contributed by atoms with Gasteiger partial charge in [0.2, 0.25) is 0 Å². The van der Waals surface area contributed by atoms with Crippen molar-refractivity contribution in [2.45, 2.75) is 451 Å².